The first-order valence-corrected chi connectivity index (χ1v) is 6.39. The Balaban J connectivity index is 2.27. The van der Waals surface area contributed by atoms with Crippen LogP contribution in [-0.2, 0) is 4.79 Å². The average molecular weight is 252 g/mol. The van der Waals surface area contributed by atoms with Crippen molar-refractivity contribution in [3.05, 3.63) is 0 Å². The quantitative estimate of drug-likeness (QED) is 0.776. The van der Waals surface area contributed by atoms with E-state index in [0.29, 0.717) is 0 Å². The molecule has 0 bridgehead atoms. The summed E-state index contributed by atoms with van der Waals surface area (Å²) >= 11 is 5.11. The van der Waals surface area contributed by atoms with Gasteiger partial charge in [0.25, 0.3) is 0 Å². The van der Waals surface area contributed by atoms with E-state index in [1.165, 1.54) is 6.42 Å². The molecule has 0 radical (unpaired) electrons. The van der Waals surface area contributed by atoms with Gasteiger partial charge < -0.3 is 5.32 Å². The molecule has 1 saturated heterocycles. The van der Waals surface area contributed by atoms with Crippen LogP contribution >= 0.6 is 27.7 Å². The summed E-state index contributed by atoms with van der Waals surface area (Å²) in [4.78, 5) is 11.5. The standard InChI is InChI=1S/C8H14BrNOS/c1-6(5-9)10-8(11)7-3-2-4-12-7/h6-7H,2-5H2,1H3,(H,10,11). The van der Waals surface area contributed by atoms with E-state index in [0.717, 1.165) is 17.5 Å². The van der Waals surface area contributed by atoms with Gasteiger partial charge in [-0.2, -0.15) is 0 Å². The zero-order chi connectivity index (χ0) is 8.97. The molecule has 4 heteroatoms. The predicted octanol–water partition coefficient (Wildman–Crippen LogP) is 1.78. The van der Waals surface area contributed by atoms with Crippen molar-refractivity contribution in [3.8, 4) is 0 Å². The Morgan fingerprint density at radius 3 is 3.08 bits per heavy atom. The number of halogens is 1. The highest BCUT2D eigenvalue weighted by Gasteiger charge is 2.23. The molecule has 1 aliphatic rings. The van der Waals surface area contributed by atoms with E-state index in [9.17, 15) is 4.79 Å². The third-order valence-electron chi connectivity index (χ3n) is 1.84. The van der Waals surface area contributed by atoms with Crippen LogP contribution in [0.15, 0.2) is 0 Å². The summed E-state index contributed by atoms with van der Waals surface area (Å²) < 4.78 is 0. The van der Waals surface area contributed by atoms with Gasteiger partial charge in [-0.05, 0) is 25.5 Å². The van der Waals surface area contributed by atoms with Crippen LogP contribution in [-0.4, -0.2) is 28.3 Å². The molecular formula is C8H14BrNOS. The van der Waals surface area contributed by atoms with Crippen LogP contribution in [0.25, 0.3) is 0 Å². The van der Waals surface area contributed by atoms with Crippen molar-refractivity contribution in [2.45, 2.75) is 31.1 Å². The van der Waals surface area contributed by atoms with Crippen molar-refractivity contribution in [2.75, 3.05) is 11.1 Å². The Morgan fingerprint density at radius 2 is 2.58 bits per heavy atom. The van der Waals surface area contributed by atoms with Gasteiger partial charge in [0.05, 0.1) is 5.25 Å². The molecule has 1 fully saturated rings. The molecule has 1 rings (SSSR count). The lowest BCUT2D eigenvalue weighted by atomic mass is 10.2. The van der Waals surface area contributed by atoms with Crippen LogP contribution in [0.3, 0.4) is 0 Å². The normalized spacial score (nSPS) is 25.3. The minimum atomic E-state index is 0.212. The first kappa shape index (κ1) is 10.4. The van der Waals surface area contributed by atoms with Crippen LogP contribution in [0.2, 0.25) is 0 Å². The zero-order valence-corrected chi connectivity index (χ0v) is 9.58. The van der Waals surface area contributed by atoms with Gasteiger partial charge in [0.15, 0.2) is 0 Å². The minimum absolute atomic E-state index is 0.212. The number of rotatable bonds is 3. The number of amides is 1. The van der Waals surface area contributed by atoms with E-state index >= 15 is 0 Å². The Bertz CT molecular complexity index is 159. The second-order valence-electron chi connectivity index (χ2n) is 3.07. The van der Waals surface area contributed by atoms with Crippen LogP contribution < -0.4 is 5.32 Å². The summed E-state index contributed by atoms with van der Waals surface area (Å²) in [5.41, 5.74) is 0. The van der Waals surface area contributed by atoms with Crippen molar-refractivity contribution in [1.29, 1.82) is 0 Å². The van der Waals surface area contributed by atoms with E-state index in [-0.39, 0.29) is 17.2 Å². The fraction of sp³-hybridized carbons (Fsp3) is 0.875. The van der Waals surface area contributed by atoms with Gasteiger partial charge in [0.1, 0.15) is 0 Å². The average Bonchev–Trinajstić information content (AvgIpc) is 2.56. The molecule has 0 saturated carbocycles. The highest BCUT2D eigenvalue weighted by molar-refractivity contribution is 9.09. The molecule has 0 aromatic heterocycles. The lowest BCUT2D eigenvalue weighted by Crippen LogP contribution is -2.38. The van der Waals surface area contributed by atoms with Crippen molar-refractivity contribution < 1.29 is 4.79 Å². The summed E-state index contributed by atoms with van der Waals surface area (Å²) in [7, 11) is 0. The molecule has 2 atom stereocenters. The van der Waals surface area contributed by atoms with Gasteiger partial charge in [-0.3, -0.25) is 4.79 Å². The van der Waals surface area contributed by atoms with E-state index in [1.54, 1.807) is 11.8 Å². The minimum Gasteiger partial charge on any atom is -0.352 e. The van der Waals surface area contributed by atoms with Crippen molar-refractivity contribution >= 4 is 33.6 Å². The number of hydrogen-bond donors (Lipinski definition) is 1. The summed E-state index contributed by atoms with van der Waals surface area (Å²) in [6.07, 6.45) is 2.23. The van der Waals surface area contributed by atoms with Gasteiger partial charge in [0, 0.05) is 11.4 Å². The second-order valence-corrected chi connectivity index (χ2v) is 5.02. The Hall–Kier alpha value is 0.300. The molecule has 1 amide bonds. The Labute approximate surface area is 86.0 Å². The number of nitrogens with one attached hydrogen (secondary N) is 1. The van der Waals surface area contributed by atoms with Crippen LogP contribution in [0.4, 0.5) is 0 Å². The van der Waals surface area contributed by atoms with Gasteiger partial charge in [-0.1, -0.05) is 15.9 Å². The number of thioether (sulfide) groups is 1. The maximum atomic E-state index is 11.5. The lowest BCUT2D eigenvalue weighted by molar-refractivity contribution is -0.121. The van der Waals surface area contributed by atoms with Crippen LogP contribution in [0.5, 0.6) is 0 Å². The number of alkyl halides is 1. The molecule has 2 unspecified atom stereocenters. The molecule has 1 aliphatic heterocycles. The van der Waals surface area contributed by atoms with Crippen molar-refractivity contribution in [1.82, 2.24) is 5.32 Å². The monoisotopic (exact) mass is 251 g/mol. The van der Waals surface area contributed by atoms with Gasteiger partial charge in [-0.25, -0.2) is 0 Å². The molecule has 0 aromatic rings. The molecule has 70 valence electrons. The summed E-state index contributed by atoms with van der Waals surface area (Å²) in [6.45, 7) is 2.01. The maximum Gasteiger partial charge on any atom is 0.233 e. The fourth-order valence-corrected chi connectivity index (χ4v) is 2.49. The Kier molecular flexibility index (Phi) is 4.43. The largest absolute Gasteiger partial charge is 0.352 e. The van der Waals surface area contributed by atoms with E-state index in [4.69, 9.17) is 0 Å². The smallest absolute Gasteiger partial charge is 0.233 e. The highest BCUT2D eigenvalue weighted by Crippen LogP contribution is 2.26. The number of carbonyl (C=O) groups excluding carboxylic acids is 1. The van der Waals surface area contributed by atoms with Gasteiger partial charge in [0.2, 0.25) is 5.91 Å². The molecule has 0 spiro atoms. The third kappa shape index (κ3) is 2.98. The summed E-state index contributed by atoms with van der Waals surface area (Å²) in [5, 5.41) is 4.01. The van der Waals surface area contributed by atoms with Gasteiger partial charge >= 0.3 is 0 Å². The SMILES string of the molecule is CC(CBr)NC(=O)C1CCCS1. The summed E-state index contributed by atoms with van der Waals surface area (Å²) in [5.74, 6) is 1.35. The first-order valence-electron chi connectivity index (χ1n) is 4.22. The van der Waals surface area contributed by atoms with E-state index in [1.807, 2.05) is 6.92 Å². The van der Waals surface area contributed by atoms with Crippen molar-refractivity contribution in [3.63, 3.8) is 0 Å². The molecule has 1 heterocycles. The second kappa shape index (κ2) is 5.12. The number of hydrogen-bond acceptors (Lipinski definition) is 2. The lowest BCUT2D eigenvalue weighted by Gasteiger charge is -2.13. The number of carbonyl (C=O) groups is 1. The first-order chi connectivity index (χ1) is 5.74. The molecule has 1 N–H and O–H groups in total. The molecule has 2 nitrogen and oxygen atoms in total. The molecular weight excluding hydrogens is 238 g/mol. The Morgan fingerprint density at radius 1 is 1.83 bits per heavy atom. The van der Waals surface area contributed by atoms with Crippen LogP contribution in [0, 0.1) is 0 Å². The third-order valence-corrected chi connectivity index (χ3v) is 4.19. The van der Waals surface area contributed by atoms with Gasteiger partial charge in [-0.15, -0.1) is 11.8 Å². The predicted molar refractivity (Wildman–Crippen MR) is 56.9 cm³/mol. The van der Waals surface area contributed by atoms with Crippen molar-refractivity contribution in [2.24, 2.45) is 0 Å². The van der Waals surface area contributed by atoms with Crippen LogP contribution in [0.1, 0.15) is 19.8 Å². The molecule has 0 aromatic carbocycles. The molecule has 12 heavy (non-hydrogen) atoms. The summed E-state index contributed by atoms with van der Waals surface area (Å²) in [6, 6.07) is 0.249. The van der Waals surface area contributed by atoms with E-state index in [2.05, 4.69) is 21.2 Å². The topological polar surface area (TPSA) is 29.1 Å². The molecule has 0 aliphatic carbocycles. The zero-order valence-electron chi connectivity index (χ0n) is 7.18. The van der Waals surface area contributed by atoms with E-state index < -0.39 is 0 Å². The maximum absolute atomic E-state index is 11.5. The fourth-order valence-electron chi connectivity index (χ4n) is 1.16. The highest BCUT2D eigenvalue weighted by atomic mass is 79.9.